The maximum atomic E-state index is 9.60. The quantitative estimate of drug-likeness (QED) is 0.298. The Bertz CT molecular complexity index is 215. The number of nitrogens with zero attached hydrogens (tertiary/aromatic N) is 2. The van der Waals surface area contributed by atoms with Crippen molar-refractivity contribution in [1.29, 1.82) is 0 Å². The fourth-order valence-electron chi connectivity index (χ4n) is 0.560. The minimum absolute atomic E-state index is 0.220. The normalized spacial score (nSPS) is 28.0. The van der Waals surface area contributed by atoms with Gasteiger partial charge in [-0.15, -0.1) is 0 Å². The van der Waals surface area contributed by atoms with E-state index >= 15 is 0 Å². The Hall–Kier alpha value is -1.28. The maximum absolute atomic E-state index is 9.60. The highest BCUT2D eigenvalue weighted by Crippen LogP contribution is 2.22. The van der Waals surface area contributed by atoms with E-state index in [1.165, 1.54) is 12.2 Å². The lowest BCUT2D eigenvalue weighted by Gasteiger charge is -1.75. The fourth-order valence-corrected chi connectivity index (χ4v) is 0.560. The monoisotopic (exact) mass is 140 g/mol. The van der Waals surface area contributed by atoms with Crippen LogP contribution >= 0.6 is 0 Å². The van der Waals surface area contributed by atoms with Crippen LogP contribution in [0, 0.1) is 0 Å². The van der Waals surface area contributed by atoms with Gasteiger partial charge in [0.25, 0.3) is 0 Å². The van der Waals surface area contributed by atoms with Crippen molar-refractivity contribution < 1.29 is 14.3 Å². The first-order valence-corrected chi connectivity index (χ1v) is 2.64. The van der Waals surface area contributed by atoms with Gasteiger partial charge in [-0.25, -0.2) is 14.6 Å². The molecule has 0 aromatic rings. The molecule has 0 radical (unpaired) electrons. The molecular weight excluding hydrogens is 136 g/mol. The molecule has 5 heteroatoms. The van der Waals surface area contributed by atoms with Crippen LogP contribution in [-0.4, -0.2) is 31.0 Å². The summed E-state index contributed by atoms with van der Waals surface area (Å²) in [5.74, 6) is 0. The van der Waals surface area contributed by atoms with Crippen molar-refractivity contribution in [2.75, 3.05) is 6.54 Å². The van der Waals surface area contributed by atoms with Gasteiger partial charge < -0.3 is 4.74 Å². The third-order valence-electron chi connectivity index (χ3n) is 1.07. The van der Waals surface area contributed by atoms with Crippen molar-refractivity contribution >= 4 is 12.2 Å². The number of isocyanates is 2. The van der Waals surface area contributed by atoms with E-state index in [1.807, 2.05) is 0 Å². The molecule has 1 aliphatic heterocycles. The van der Waals surface area contributed by atoms with Crippen molar-refractivity contribution in [2.24, 2.45) is 9.98 Å². The number of hydrogen-bond donors (Lipinski definition) is 0. The Morgan fingerprint density at radius 1 is 1.40 bits per heavy atom. The summed E-state index contributed by atoms with van der Waals surface area (Å²) in [7, 11) is 0. The van der Waals surface area contributed by atoms with E-state index in [4.69, 9.17) is 4.74 Å². The van der Waals surface area contributed by atoms with Gasteiger partial charge in [0.05, 0.1) is 6.54 Å². The molecule has 2 unspecified atom stereocenters. The van der Waals surface area contributed by atoms with Gasteiger partial charge in [-0.05, 0) is 0 Å². The Labute approximate surface area is 56.4 Å². The van der Waals surface area contributed by atoms with Gasteiger partial charge >= 0.3 is 0 Å². The summed E-state index contributed by atoms with van der Waals surface area (Å²) in [6.07, 6.45) is 2.05. The van der Waals surface area contributed by atoms with Gasteiger partial charge in [0.15, 0.2) is 6.23 Å². The van der Waals surface area contributed by atoms with Gasteiger partial charge in [-0.1, -0.05) is 0 Å². The number of ether oxygens (including phenoxy) is 1. The van der Waals surface area contributed by atoms with Gasteiger partial charge in [-0.2, -0.15) is 4.99 Å². The second-order valence-electron chi connectivity index (χ2n) is 1.72. The van der Waals surface area contributed by atoms with E-state index in [9.17, 15) is 9.59 Å². The van der Waals surface area contributed by atoms with Crippen LogP contribution in [0.4, 0.5) is 0 Å². The van der Waals surface area contributed by atoms with Crippen LogP contribution in [0.1, 0.15) is 0 Å². The molecule has 0 N–H and O–H groups in total. The number of hydrogen-bond acceptors (Lipinski definition) is 5. The van der Waals surface area contributed by atoms with Crippen molar-refractivity contribution in [1.82, 2.24) is 0 Å². The smallest absolute Gasteiger partial charge is 0.237 e. The van der Waals surface area contributed by atoms with Crippen LogP contribution in [0.3, 0.4) is 0 Å². The molecule has 1 fully saturated rings. The Morgan fingerprint density at radius 2 is 2.20 bits per heavy atom. The molecule has 0 aromatic heterocycles. The number of aliphatic imine (C=N–C) groups is 2. The van der Waals surface area contributed by atoms with Crippen LogP contribution in [0.15, 0.2) is 9.98 Å². The standard InChI is InChI=1S/C5H4N2O3/c8-2-6-1-4-5(10-4)7-3-9/h4-5H,1H2. The number of carbonyl (C=O) groups excluding carboxylic acids is 2. The van der Waals surface area contributed by atoms with Crippen LogP contribution in [0.5, 0.6) is 0 Å². The number of epoxide rings is 1. The largest absolute Gasteiger partial charge is 0.343 e. The zero-order valence-electron chi connectivity index (χ0n) is 4.98. The minimum Gasteiger partial charge on any atom is -0.343 e. The van der Waals surface area contributed by atoms with Gasteiger partial charge in [0.2, 0.25) is 12.2 Å². The Morgan fingerprint density at radius 3 is 2.80 bits per heavy atom. The van der Waals surface area contributed by atoms with Crippen molar-refractivity contribution in [3.05, 3.63) is 0 Å². The molecule has 2 atom stereocenters. The topological polar surface area (TPSA) is 71.4 Å². The second-order valence-corrected chi connectivity index (χ2v) is 1.72. The first-order chi connectivity index (χ1) is 4.88. The van der Waals surface area contributed by atoms with Gasteiger partial charge in [0, 0.05) is 0 Å². The highest BCUT2D eigenvalue weighted by molar-refractivity contribution is 5.35. The maximum Gasteiger partial charge on any atom is 0.237 e. The van der Waals surface area contributed by atoms with E-state index in [0.717, 1.165) is 0 Å². The average molecular weight is 140 g/mol. The van der Waals surface area contributed by atoms with E-state index < -0.39 is 6.23 Å². The molecule has 0 aliphatic carbocycles. The molecule has 1 saturated heterocycles. The molecule has 1 rings (SSSR count). The SMILES string of the molecule is O=C=NCC1OC1N=C=O. The van der Waals surface area contributed by atoms with Crippen LogP contribution in [0.25, 0.3) is 0 Å². The third-order valence-corrected chi connectivity index (χ3v) is 1.07. The average Bonchev–Trinajstić information content (AvgIpc) is 2.65. The molecule has 0 bridgehead atoms. The molecule has 1 aliphatic rings. The lowest BCUT2D eigenvalue weighted by molar-refractivity contribution is 0.376. The van der Waals surface area contributed by atoms with Crippen molar-refractivity contribution in [3.8, 4) is 0 Å². The minimum atomic E-state index is -0.436. The van der Waals surface area contributed by atoms with E-state index in [0.29, 0.717) is 0 Å². The zero-order chi connectivity index (χ0) is 7.40. The summed E-state index contributed by atoms with van der Waals surface area (Å²) < 4.78 is 4.76. The highest BCUT2D eigenvalue weighted by Gasteiger charge is 2.38. The van der Waals surface area contributed by atoms with Crippen LogP contribution in [0.2, 0.25) is 0 Å². The summed E-state index contributed by atoms with van der Waals surface area (Å²) >= 11 is 0. The molecular formula is C5H4N2O3. The van der Waals surface area contributed by atoms with Crippen molar-refractivity contribution in [3.63, 3.8) is 0 Å². The third kappa shape index (κ3) is 1.60. The Kier molecular flexibility index (Phi) is 2.07. The number of rotatable bonds is 3. The first kappa shape index (κ1) is 6.83. The highest BCUT2D eigenvalue weighted by atomic mass is 16.6. The van der Waals surface area contributed by atoms with Crippen LogP contribution < -0.4 is 0 Å². The van der Waals surface area contributed by atoms with E-state index in [-0.39, 0.29) is 12.6 Å². The van der Waals surface area contributed by atoms with Crippen LogP contribution in [-0.2, 0) is 14.3 Å². The van der Waals surface area contributed by atoms with E-state index in [2.05, 4.69) is 9.98 Å². The summed E-state index contributed by atoms with van der Waals surface area (Å²) in [4.78, 5) is 25.6. The summed E-state index contributed by atoms with van der Waals surface area (Å²) in [5.41, 5.74) is 0. The van der Waals surface area contributed by atoms with Gasteiger partial charge in [-0.3, -0.25) is 0 Å². The molecule has 52 valence electrons. The zero-order valence-corrected chi connectivity index (χ0v) is 4.98. The summed E-state index contributed by atoms with van der Waals surface area (Å²) in [5, 5.41) is 0. The summed E-state index contributed by atoms with van der Waals surface area (Å²) in [6, 6.07) is 0. The fraction of sp³-hybridized carbons (Fsp3) is 0.600. The molecule has 10 heavy (non-hydrogen) atoms. The Balaban J connectivity index is 2.25. The molecule has 0 amide bonds. The molecule has 0 spiro atoms. The van der Waals surface area contributed by atoms with Gasteiger partial charge in [0.1, 0.15) is 6.10 Å². The molecule has 0 aromatic carbocycles. The van der Waals surface area contributed by atoms with Crippen molar-refractivity contribution in [2.45, 2.75) is 12.3 Å². The molecule has 0 saturated carbocycles. The predicted molar refractivity (Wildman–Crippen MR) is 29.8 cm³/mol. The predicted octanol–water partition coefficient (Wildman–Crippen LogP) is -0.617. The molecule has 1 heterocycles. The second kappa shape index (κ2) is 3.03. The molecule has 5 nitrogen and oxygen atoms in total. The lowest BCUT2D eigenvalue weighted by atomic mass is 10.4. The lowest BCUT2D eigenvalue weighted by Crippen LogP contribution is -1.94. The van der Waals surface area contributed by atoms with E-state index in [1.54, 1.807) is 0 Å². The summed E-state index contributed by atoms with van der Waals surface area (Å²) in [6.45, 7) is 0.222. The first-order valence-electron chi connectivity index (χ1n) is 2.64.